The number of allylic oxidation sites excluding steroid dienone is 1. The molecule has 5 heterocycles. The van der Waals surface area contributed by atoms with Gasteiger partial charge in [0.1, 0.15) is 25.1 Å². The minimum atomic E-state index is 0.663. The lowest BCUT2D eigenvalue weighted by molar-refractivity contribution is -0.898. The standard InChI is InChI=1S/C33H32N6/c1-22-13-15-28(37(4)19-22)29-16-14-23(2)20-39(29)21-38-18-8-10-25-31-30(34-26-11-5-6-12-27(26)35-31)24-9-7-17-36(3)32(24)33(25)38/h6-10,12-20H,5,11,21H2,1-4H3/q+4. The van der Waals surface area contributed by atoms with Crippen molar-refractivity contribution in [3.63, 3.8) is 0 Å². The van der Waals surface area contributed by atoms with Crippen LogP contribution in [0.15, 0.2) is 79.4 Å². The second-order valence-electron chi connectivity index (χ2n) is 10.7. The Morgan fingerprint density at radius 2 is 1.44 bits per heavy atom. The molecule has 0 fully saturated rings. The fraction of sp³-hybridized carbons (Fsp3) is 0.212. The molecule has 0 saturated heterocycles. The molecule has 190 valence electrons. The summed E-state index contributed by atoms with van der Waals surface area (Å²) in [7, 11) is 4.24. The summed E-state index contributed by atoms with van der Waals surface area (Å²) in [5, 5.41) is 2.25. The van der Waals surface area contributed by atoms with Gasteiger partial charge in [-0.1, -0.05) is 6.08 Å². The third-order valence-electron chi connectivity index (χ3n) is 7.83. The van der Waals surface area contributed by atoms with Crippen LogP contribution in [0.3, 0.4) is 0 Å². The molecule has 0 amide bonds. The van der Waals surface area contributed by atoms with Crippen LogP contribution < -0.4 is 18.3 Å². The number of pyridine rings is 4. The molecule has 0 bridgehead atoms. The van der Waals surface area contributed by atoms with Crippen LogP contribution in [0.5, 0.6) is 0 Å². The molecular weight excluding hydrogens is 480 g/mol. The molecule has 0 aliphatic heterocycles. The van der Waals surface area contributed by atoms with Crippen LogP contribution in [0.25, 0.3) is 50.3 Å². The molecule has 0 saturated carbocycles. The smallest absolute Gasteiger partial charge is 0.248 e. The van der Waals surface area contributed by atoms with E-state index in [2.05, 4.69) is 132 Å². The summed E-state index contributed by atoms with van der Waals surface area (Å²) in [6, 6.07) is 17.4. The van der Waals surface area contributed by atoms with Crippen LogP contribution in [0.2, 0.25) is 0 Å². The largest absolute Gasteiger partial charge is 0.345 e. The number of aryl methyl sites for hydroxylation is 5. The van der Waals surface area contributed by atoms with Gasteiger partial charge in [0.25, 0.3) is 22.4 Å². The zero-order valence-electron chi connectivity index (χ0n) is 22.9. The van der Waals surface area contributed by atoms with Crippen LogP contribution in [-0.2, 0) is 27.2 Å². The topological polar surface area (TPSA) is 41.3 Å². The van der Waals surface area contributed by atoms with Crippen molar-refractivity contribution in [2.75, 3.05) is 0 Å². The van der Waals surface area contributed by atoms with Gasteiger partial charge in [-0.15, -0.1) is 9.13 Å². The van der Waals surface area contributed by atoms with Gasteiger partial charge >= 0.3 is 6.67 Å². The van der Waals surface area contributed by atoms with Crippen molar-refractivity contribution >= 4 is 38.9 Å². The first-order chi connectivity index (χ1) is 19.0. The van der Waals surface area contributed by atoms with Crippen molar-refractivity contribution in [3.8, 4) is 11.4 Å². The van der Waals surface area contributed by atoms with E-state index in [0.29, 0.717) is 6.67 Å². The summed E-state index contributed by atoms with van der Waals surface area (Å²) in [6.07, 6.45) is 15.0. The highest BCUT2D eigenvalue weighted by Gasteiger charge is 2.30. The van der Waals surface area contributed by atoms with E-state index in [0.717, 1.165) is 57.1 Å². The molecule has 6 aromatic rings. The molecule has 1 aliphatic rings. The van der Waals surface area contributed by atoms with Crippen LogP contribution in [0.1, 0.15) is 28.9 Å². The molecule has 7 rings (SSSR count). The second kappa shape index (κ2) is 9.02. The summed E-state index contributed by atoms with van der Waals surface area (Å²) in [6.45, 7) is 4.94. The highest BCUT2D eigenvalue weighted by atomic mass is 15.2. The first-order valence-electron chi connectivity index (χ1n) is 13.5. The Morgan fingerprint density at radius 3 is 2.26 bits per heavy atom. The first kappa shape index (κ1) is 23.5. The molecule has 39 heavy (non-hydrogen) atoms. The lowest BCUT2D eigenvalue weighted by Crippen LogP contribution is -2.54. The van der Waals surface area contributed by atoms with Gasteiger partial charge in [-0.2, -0.15) is 9.13 Å². The van der Waals surface area contributed by atoms with E-state index in [1.165, 1.54) is 22.5 Å². The summed E-state index contributed by atoms with van der Waals surface area (Å²) < 4.78 is 9.13. The zero-order chi connectivity index (χ0) is 26.7. The van der Waals surface area contributed by atoms with Gasteiger partial charge in [0.15, 0.2) is 24.8 Å². The molecule has 5 aromatic heterocycles. The Labute approximate surface area is 227 Å². The van der Waals surface area contributed by atoms with Crippen molar-refractivity contribution in [2.24, 2.45) is 14.1 Å². The first-order valence-corrected chi connectivity index (χ1v) is 13.5. The predicted octanol–water partition coefficient (Wildman–Crippen LogP) is 3.91. The molecule has 6 nitrogen and oxygen atoms in total. The van der Waals surface area contributed by atoms with Gasteiger partial charge in [-0.25, -0.2) is 9.97 Å². The molecule has 0 spiro atoms. The SMILES string of the molecule is Cc1ccc(-c2ccc(C)c[n+]2C[n+]2cccc3c4nc5c(nc4c4ccc[n+](C)c4c32)CCC=C5)[n+](C)c1. The van der Waals surface area contributed by atoms with Crippen molar-refractivity contribution < 1.29 is 18.3 Å². The van der Waals surface area contributed by atoms with E-state index in [1.807, 2.05) is 0 Å². The Morgan fingerprint density at radius 1 is 0.718 bits per heavy atom. The van der Waals surface area contributed by atoms with Crippen molar-refractivity contribution in [2.45, 2.75) is 33.4 Å². The summed E-state index contributed by atoms with van der Waals surface area (Å²) in [5.74, 6) is 0. The summed E-state index contributed by atoms with van der Waals surface area (Å²) >= 11 is 0. The molecule has 0 radical (unpaired) electrons. The van der Waals surface area contributed by atoms with Crippen LogP contribution in [0.4, 0.5) is 0 Å². The predicted molar refractivity (Wildman–Crippen MR) is 151 cm³/mol. The number of fused-ring (bicyclic) bond motifs is 7. The molecule has 0 N–H and O–H groups in total. The minimum Gasteiger partial charge on any atom is -0.248 e. The fourth-order valence-electron chi connectivity index (χ4n) is 6.00. The second-order valence-corrected chi connectivity index (χ2v) is 10.7. The Bertz CT molecular complexity index is 1990. The van der Waals surface area contributed by atoms with Gasteiger partial charge < -0.3 is 0 Å². The zero-order valence-corrected chi connectivity index (χ0v) is 22.9. The molecule has 1 aromatic carbocycles. The van der Waals surface area contributed by atoms with E-state index in [9.17, 15) is 0 Å². The van der Waals surface area contributed by atoms with Gasteiger partial charge in [-0.05, 0) is 57.0 Å². The molecule has 0 unspecified atom stereocenters. The number of rotatable bonds is 3. The number of nitrogens with zero attached hydrogens (tertiary/aromatic N) is 6. The lowest BCUT2D eigenvalue weighted by Gasteiger charge is -2.12. The highest BCUT2D eigenvalue weighted by molar-refractivity contribution is 6.18. The Kier molecular flexibility index (Phi) is 5.44. The van der Waals surface area contributed by atoms with Crippen molar-refractivity contribution in [1.82, 2.24) is 9.97 Å². The van der Waals surface area contributed by atoms with E-state index in [1.54, 1.807) is 0 Å². The van der Waals surface area contributed by atoms with E-state index < -0.39 is 0 Å². The van der Waals surface area contributed by atoms with Crippen LogP contribution >= 0.6 is 0 Å². The number of aromatic nitrogens is 6. The fourth-order valence-corrected chi connectivity index (χ4v) is 6.00. The minimum absolute atomic E-state index is 0.663. The maximum absolute atomic E-state index is 5.19. The quantitative estimate of drug-likeness (QED) is 0.267. The number of hydrogen-bond acceptors (Lipinski definition) is 2. The highest BCUT2D eigenvalue weighted by Crippen LogP contribution is 2.31. The Hall–Kier alpha value is -4.58. The molecule has 1 aliphatic carbocycles. The van der Waals surface area contributed by atoms with Gasteiger partial charge in [0.2, 0.25) is 0 Å². The molecule has 0 atom stereocenters. The lowest BCUT2D eigenvalue weighted by atomic mass is 10.0. The van der Waals surface area contributed by atoms with E-state index in [-0.39, 0.29) is 0 Å². The maximum Gasteiger partial charge on any atom is 0.345 e. The van der Waals surface area contributed by atoms with E-state index in [4.69, 9.17) is 9.97 Å². The van der Waals surface area contributed by atoms with Crippen LogP contribution in [0, 0.1) is 13.8 Å². The monoisotopic (exact) mass is 512 g/mol. The van der Waals surface area contributed by atoms with Gasteiger partial charge in [-0.3, -0.25) is 0 Å². The van der Waals surface area contributed by atoms with Gasteiger partial charge in [0.05, 0.1) is 22.2 Å². The average molecular weight is 513 g/mol. The number of hydrogen-bond donors (Lipinski definition) is 0. The average Bonchev–Trinajstić information content (AvgIpc) is 2.93. The van der Waals surface area contributed by atoms with Crippen LogP contribution in [-0.4, -0.2) is 9.97 Å². The maximum atomic E-state index is 5.19. The third-order valence-corrected chi connectivity index (χ3v) is 7.83. The number of benzene rings is 1. The summed E-state index contributed by atoms with van der Waals surface area (Å²) in [5.41, 5.74) is 11.2. The molecular formula is C33H32N6+4. The third kappa shape index (κ3) is 3.86. The normalized spacial score (nSPS) is 12.9. The molecule has 6 heteroatoms. The van der Waals surface area contributed by atoms with Crippen molar-refractivity contribution in [3.05, 3.63) is 102 Å². The summed E-state index contributed by atoms with van der Waals surface area (Å²) in [4.78, 5) is 10.4. The Balaban J connectivity index is 1.52. The van der Waals surface area contributed by atoms with Gasteiger partial charge in [0, 0.05) is 35.4 Å². The van der Waals surface area contributed by atoms with E-state index >= 15 is 0 Å². The van der Waals surface area contributed by atoms with Crippen molar-refractivity contribution in [1.29, 1.82) is 0 Å².